The van der Waals surface area contributed by atoms with E-state index in [2.05, 4.69) is 15.1 Å². The minimum absolute atomic E-state index is 0.0674. The highest BCUT2D eigenvalue weighted by atomic mass is 16.2. The molecule has 0 radical (unpaired) electrons. The number of nitrogens with zero attached hydrogens (tertiary/aromatic N) is 2. The Morgan fingerprint density at radius 3 is 2.38 bits per heavy atom. The first kappa shape index (κ1) is 15.9. The van der Waals surface area contributed by atoms with Gasteiger partial charge >= 0.3 is 0 Å². The molecule has 0 unspecified atom stereocenters. The number of benzene rings is 1. The van der Waals surface area contributed by atoms with Crippen LogP contribution in [0.4, 0.5) is 5.69 Å². The molecule has 0 aliphatic carbocycles. The van der Waals surface area contributed by atoms with Crippen molar-refractivity contribution in [1.82, 2.24) is 9.80 Å². The maximum absolute atomic E-state index is 12.0. The Labute approximate surface area is 127 Å². The Hall–Kier alpha value is -1.43. The van der Waals surface area contributed by atoms with E-state index in [1.54, 1.807) is 0 Å². The van der Waals surface area contributed by atoms with Crippen LogP contribution < -0.4 is 11.1 Å². The van der Waals surface area contributed by atoms with Gasteiger partial charge in [-0.2, -0.15) is 0 Å². The van der Waals surface area contributed by atoms with Gasteiger partial charge in [0.05, 0.1) is 6.54 Å². The first-order chi connectivity index (χ1) is 10.3. The molecular weight excluding hydrogens is 264 g/mol. The standard InChI is InChI=1S/C16H26N4O/c17-8-4-5-9-19-10-12-20(13-11-19)14-16(21)18-15-6-2-1-3-7-15/h1-3,6-7H,4-5,8-14,17H2,(H,18,21). The summed E-state index contributed by atoms with van der Waals surface area (Å²) < 4.78 is 0. The number of unbranched alkanes of at least 4 members (excludes halogenated alkanes) is 1. The van der Waals surface area contributed by atoms with Crippen molar-refractivity contribution in [2.45, 2.75) is 12.8 Å². The molecule has 0 bridgehead atoms. The normalized spacial score (nSPS) is 16.8. The molecule has 3 N–H and O–H groups in total. The lowest BCUT2D eigenvalue weighted by atomic mass is 10.2. The Kier molecular flexibility index (Phi) is 6.66. The van der Waals surface area contributed by atoms with Crippen molar-refractivity contribution >= 4 is 11.6 Å². The average molecular weight is 290 g/mol. The summed E-state index contributed by atoms with van der Waals surface area (Å²) in [6.07, 6.45) is 2.27. The first-order valence-corrected chi connectivity index (χ1v) is 7.77. The summed E-state index contributed by atoms with van der Waals surface area (Å²) in [6, 6.07) is 9.62. The highest BCUT2D eigenvalue weighted by molar-refractivity contribution is 5.92. The number of nitrogens with one attached hydrogen (secondary N) is 1. The van der Waals surface area contributed by atoms with Crippen molar-refractivity contribution in [3.05, 3.63) is 30.3 Å². The van der Waals surface area contributed by atoms with Crippen LogP contribution in [0.2, 0.25) is 0 Å². The lowest BCUT2D eigenvalue weighted by Gasteiger charge is -2.34. The van der Waals surface area contributed by atoms with E-state index in [9.17, 15) is 4.79 Å². The molecule has 0 spiro atoms. The van der Waals surface area contributed by atoms with Crippen molar-refractivity contribution < 1.29 is 4.79 Å². The van der Waals surface area contributed by atoms with Gasteiger partial charge in [-0.15, -0.1) is 0 Å². The second-order valence-corrected chi connectivity index (χ2v) is 5.53. The number of hydrogen-bond donors (Lipinski definition) is 2. The van der Waals surface area contributed by atoms with Crippen molar-refractivity contribution in [3.63, 3.8) is 0 Å². The fourth-order valence-corrected chi connectivity index (χ4v) is 2.58. The minimum Gasteiger partial charge on any atom is -0.330 e. The van der Waals surface area contributed by atoms with Gasteiger partial charge in [-0.25, -0.2) is 0 Å². The summed E-state index contributed by atoms with van der Waals surface area (Å²) in [5, 5.41) is 2.93. The Balaban J connectivity index is 1.65. The number of carbonyl (C=O) groups excluding carboxylic acids is 1. The molecular formula is C16H26N4O. The van der Waals surface area contributed by atoms with Gasteiger partial charge in [0.15, 0.2) is 0 Å². The van der Waals surface area contributed by atoms with Gasteiger partial charge in [0.25, 0.3) is 0 Å². The third-order valence-corrected chi connectivity index (χ3v) is 3.82. The van der Waals surface area contributed by atoms with Gasteiger partial charge in [0.2, 0.25) is 5.91 Å². The Morgan fingerprint density at radius 1 is 1.05 bits per heavy atom. The van der Waals surface area contributed by atoms with Crippen LogP contribution in [0.1, 0.15) is 12.8 Å². The van der Waals surface area contributed by atoms with Crippen molar-refractivity contribution in [3.8, 4) is 0 Å². The number of carbonyl (C=O) groups is 1. The average Bonchev–Trinajstić information content (AvgIpc) is 2.50. The molecule has 21 heavy (non-hydrogen) atoms. The van der Waals surface area contributed by atoms with Crippen molar-refractivity contribution in [2.75, 3.05) is 51.1 Å². The summed E-state index contributed by atoms with van der Waals surface area (Å²) in [7, 11) is 0. The van der Waals surface area contributed by atoms with Crippen LogP contribution in [0, 0.1) is 0 Å². The fourth-order valence-electron chi connectivity index (χ4n) is 2.58. The number of piperazine rings is 1. The van der Waals surface area contributed by atoms with E-state index in [-0.39, 0.29) is 5.91 Å². The second-order valence-electron chi connectivity index (χ2n) is 5.53. The number of nitrogens with two attached hydrogens (primary N) is 1. The second kappa shape index (κ2) is 8.77. The molecule has 1 aromatic carbocycles. The molecule has 1 aromatic rings. The monoisotopic (exact) mass is 290 g/mol. The van der Waals surface area contributed by atoms with Gasteiger partial charge in [-0.05, 0) is 38.1 Å². The summed E-state index contributed by atoms with van der Waals surface area (Å²) in [5.41, 5.74) is 6.38. The molecule has 2 rings (SSSR count). The van der Waals surface area contributed by atoms with E-state index in [1.165, 1.54) is 6.42 Å². The fraction of sp³-hybridized carbons (Fsp3) is 0.562. The summed E-state index contributed by atoms with van der Waals surface area (Å²) in [4.78, 5) is 16.7. The van der Waals surface area contributed by atoms with Crippen LogP contribution in [0.3, 0.4) is 0 Å². The Bertz CT molecular complexity index is 416. The molecule has 1 fully saturated rings. The van der Waals surface area contributed by atoms with E-state index in [4.69, 9.17) is 5.73 Å². The largest absolute Gasteiger partial charge is 0.330 e. The highest BCUT2D eigenvalue weighted by Crippen LogP contribution is 2.06. The molecule has 0 aromatic heterocycles. The van der Waals surface area contributed by atoms with E-state index < -0.39 is 0 Å². The molecule has 1 heterocycles. The molecule has 5 heteroatoms. The SMILES string of the molecule is NCCCCN1CCN(CC(=O)Nc2ccccc2)CC1. The molecule has 0 saturated carbocycles. The third-order valence-electron chi connectivity index (χ3n) is 3.82. The van der Waals surface area contributed by atoms with Gasteiger partial charge in [0.1, 0.15) is 0 Å². The number of anilines is 1. The highest BCUT2D eigenvalue weighted by Gasteiger charge is 2.18. The van der Waals surface area contributed by atoms with Crippen LogP contribution in [0.15, 0.2) is 30.3 Å². The first-order valence-electron chi connectivity index (χ1n) is 7.77. The van der Waals surface area contributed by atoms with Crippen LogP contribution in [-0.4, -0.2) is 61.5 Å². The van der Waals surface area contributed by atoms with E-state index in [1.807, 2.05) is 30.3 Å². The van der Waals surface area contributed by atoms with Gasteiger partial charge < -0.3 is 16.0 Å². The van der Waals surface area contributed by atoms with Gasteiger partial charge in [-0.1, -0.05) is 18.2 Å². The molecule has 5 nitrogen and oxygen atoms in total. The van der Waals surface area contributed by atoms with Crippen LogP contribution in [-0.2, 0) is 4.79 Å². The maximum Gasteiger partial charge on any atom is 0.238 e. The summed E-state index contributed by atoms with van der Waals surface area (Å²) in [5.74, 6) is 0.0674. The van der Waals surface area contributed by atoms with E-state index >= 15 is 0 Å². The predicted molar refractivity (Wildman–Crippen MR) is 86.2 cm³/mol. The molecule has 1 aliphatic heterocycles. The molecule has 1 amide bonds. The quantitative estimate of drug-likeness (QED) is 0.735. The number of rotatable bonds is 7. The zero-order valence-corrected chi connectivity index (χ0v) is 12.6. The Morgan fingerprint density at radius 2 is 1.71 bits per heavy atom. The maximum atomic E-state index is 12.0. The smallest absolute Gasteiger partial charge is 0.238 e. The number of para-hydroxylation sites is 1. The van der Waals surface area contributed by atoms with Crippen LogP contribution >= 0.6 is 0 Å². The van der Waals surface area contributed by atoms with Gasteiger partial charge in [0, 0.05) is 31.9 Å². The van der Waals surface area contributed by atoms with Gasteiger partial charge in [-0.3, -0.25) is 9.69 Å². The molecule has 0 atom stereocenters. The van der Waals surface area contributed by atoms with E-state index in [0.29, 0.717) is 6.54 Å². The zero-order valence-electron chi connectivity index (χ0n) is 12.6. The summed E-state index contributed by atoms with van der Waals surface area (Å²) in [6.45, 7) is 6.40. The lowest BCUT2D eigenvalue weighted by molar-refractivity contribution is -0.117. The number of hydrogen-bond acceptors (Lipinski definition) is 4. The van der Waals surface area contributed by atoms with E-state index in [0.717, 1.165) is 51.4 Å². The zero-order chi connectivity index (χ0) is 14.9. The topological polar surface area (TPSA) is 61.6 Å². The van der Waals surface area contributed by atoms with Crippen molar-refractivity contribution in [1.29, 1.82) is 0 Å². The molecule has 1 aliphatic rings. The third kappa shape index (κ3) is 5.83. The minimum atomic E-state index is 0.0674. The molecule has 116 valence electrons. The van der Waals surface area contributed by atoms with Crippen LogP contribution in [0.5, 0.6) is 0 Å². The van der Waals surface area contributed by atoms with Crippen LogP contribution in [0.25, 0.3) is 0 Å². The lowest BCUT2D eigenvalue weighted by Crippen LogP contribution is -2.48. The number of amides is 1. The summed E-state index contributed by atoms with van der Waals surface area (Å²) >= 11 is 0. The van der Waals surface area contributed by atoms with Crippen molar-refractivity contribution in [2.24, 2.45) is 5.73 Å². The predicted octanol–water partition coefficient (Wildman–Crippen LogP) is 0.982. The molecule has 1 saturated heterocycles.